The first kappa shape index (κ1) is 18.3. The van der Waals surface area contributed by atoms with E-state index in [-0.39, 0.29) is 5.56 Å². The Balaban J connectivity index is 1.95. The topological polar surface area (TPSA) is 48.7 Å². The predicted molar refractivity (Wildman–Crippen MR) is 73.0 cm³/mol. The second kappa shape index (κ2) is 6.04. The molecule has 2 unspecified atom stereocenters. The van der Waals surface area contributed by atoms with Gasteiger partial charge in [0.05, 0.1) is 11.8 Å². The van der Waals surface area contributed by atoms with Crippen molar-refractivity contribution in [2.24, 2.45) is 0 Å². The van der Waals surface area contributed by atoms with E-state index >= 15 is 0 Å². The van der Waals surface area contributed by atoms with Crippen LogP contribution < -0.4 is 0 Å². The van der Waals surface area contributed by atoms with Crippen molar-refractivity contribution < 1.29 is 45.0 Å². The molecule has 26 heavy (non-hydrogen) atoms. The molecule has 1 aliphatic rings. The Morgan fingerprint density at radius 1 is 0.923 bits per heavy atom. The lowest BCUT2D eigenvalue weighted by Gasteiger charge is -2.44. The number of hydrogen-bond acceptors (Lipinski definition) is 4. The van der Waals surface area contributed by atoms with E-state index in [0.29, 0.717) is 0 Å². The smallest absolute Gasteiger partial charge is 0.381 e. The van der Waals surface area contributed by atoms with E-state index in [1.807, 2.05) is 0 Å². The van der Waals surface area contributed by atoms with Gasteiger partial charge >= 0.3 is 23.7 Å². The fraction of sp³-hybridized carbons (Fsp3) is 0.312. The maximum Gasteiger partial charge on any atom is 0.381 e. The summed E-state index contributed by atoms with van der Waals surface area (Å²) in [6, 6.07) is 8.51. The van der Waals surface area contributed by atoms with Gasteiger partial charge in [0.2, 0.25) is 0 Å². The predicted octanol–water partition coefficient (Wildman–Crippen LogP) is 4.44. The van der Waals surface area contributed by atoms with E-state index in [9.17, 15) is 31.1 Å². The Hall–Kier alpha value is -2.49. The number of rotatable bonds is 3. The summed E-state index contributed by atoms with van der Waals surface area (Å²) >= 11 is 0. The van der Waals surface area contributed by atoms with Crippen molar-refractivity contribution in [1.29, 1.82) is 0 Å². The van der Waals surface area contributed by atoms with Crippen LogP contribution in [0.3, 0.4) is 0 Å². The van der Waals surface area contributed by atoms with E-state index in [2.05, 4.69) is 13.9 Å². The van der Waals surface area contributed by atoms with Crippen LogP contribution in [0.2, 0.25) is 0 Å². The number of alkyl halides is 6. The highest BCUT2D eigenvalue weighted by molar-refractivity contribution is 5.89. The number of ether oxygens (including phenoxy) is 2. The number of benzene rings is 1. The molecule has 4 nitrogen and oxygen atoms in total. The SMILES string of the molecule is O=C(OC1OC(c2ccco2)C(F)(F)C(F)(F)C1(F)F)c1ccccc1. The van der Waals surface area contributed by atoms with Crippen LogP contribution in [0.5, 0.6) is 0 Å². The van der Waals surface area contributed by atoms with Crippen molar-refractivity contribution in [3.05, 3.63) is 60.1 Å². The van der Waals surface area contributed by atoms with Gasteiger partial charge in [-0.25, -0.2) is 4.79 Å². The Bertz CT molecular complexity index is 775. The minimum Gasteiger partial charge on any atom is -0.466 e. The molecule has 1 aromatic carbocycles. The van der Waals surface area contributed by atoms with Gasteiger partial charge in [0.15, 0.2) is 6.10 Å². The van der Waals surface area contributed by atoms with Crippen LogP contribution in [-0.2, 0) is 9.47 Å². The molecule has 0 saturated carbocycles. The maximum atomic E-state index is 14.0. The molecule has 0 spiro atoms. The van der Waals surface area contributed by atoms with Gasteiger partial charge in [-0.15, -0.1) is 0 Å². The molecule has 1 fully saturated rings. The second-order valence-electron chi connectivity index (χ2n) is 5.46. The summed E-state index contributed by atoms with van der Waals surface area (Å²) in [5.74, 6) is -18.9. The molecule has 140 valence electrons. The largest absolute Gasteiger partial charge is 0.466 e. The molecular weight excluding hydrogens is 370 g/mol. The minimum atomic E-state index is -5.86. The van der Waals surface area contributed by atoms with Crippen LogP contribution in [0.4, 0.5) is 26.3 Å². The fourth-order valence-corrected chi connectivity index (χ4v) is 2.36. The molecule has 0 aliphatic carbocycles. The molecule has 3 rings (SSSR count). The summed E-state index contributed by atoms with van der Waals surface area (Å²) in [4.78, 5) is 11.9. The monoisotopic (exact) mass is 380 g/mol. The van der Waals surface area contributed by atoms with Crippen LogP contribution in [0, 0.1) is 0 Å². The average molecular weight is 380 g/mol. The zero-order valence-electron chi connectivity index (χ0n) is 12.7. The summed E-state index contributed by atoms with van der Waals surface area (Å²) < 4.78 is 96.9. The highest BCUT2D eigenvalue weighted by atomic mass is 19.3. The first-order valence-corrected chi connectivity index (χ1v) is 7.17. The van der Waals surface area contributed by atoms with Crippen LogP contribution in [0.1, 0.15) is 22.2 Å². The normalized spacial score (nSPS) is 26.2. The third-order valence-electron chi connectivity index (χ3n) is 3.75. The van der Waals surface area contributed by atoms with Crippen LogP contribution in [0.15, 0.2) is 53.1 Å². The second-order valence-corrected chi connectivity index (χ2v) is 5.46. The lowest BCUT2D eigenvalue weighted by Crippen LogP contribution is -2.67. The van der Waals surface area contributed by atoms with E-state index in [1.165, 1.54) is 30.3 Å². The Morgan fingerprint density at radius 3 is 2.15 bits per heavy atom. The van der Waals surface area contributed by atoms with Gasteiger partial charge in [-0.3, -0.25) is 0 Å². The van der Waals surface area contributed by atoms with Gasteiger partial charge in [0.1, 0.15) is 5.76 Å². The first-order chi connectivity index (χ1) is 12.1. The van der Waals surface area contributed by atoms with Gasteiger partial charge in [0, 0.05) is 0 Å². The number of furan rings is 1. The highest BCUT2D eigenvalue weighted by Crippen LogP contribution is 2.58. The Morgan fingerprint density at radius 2 is 1.58 bits per heavy atom. The van der Waals surface area contributed by atoms with E-state index < -0.39 is 41.9 Å². The molecule has 0 amide bonds. The fourth-order valence-electron chi connectivity index (χ4n) is 2.36. The van der Waals surface area contributed by atoms with Crippen LogP contribution in [0.25, 0.3) is 0 Å². The molecule has 2 heterocycles. The summed E-state index contributed by atoms with van der Waals surface area (Å²) in [7, 11) is 0. The lowest BCUT2D eigenvalue weighted by molar-refractivity contribution is -0.438. The molecule has 1 saturated heterocycles. The van der Waals surface area contributed by atoms with E-state index in [0.717, 1.165) is 18.4 Å². The molecule has 1 aliphatic heterocycles. The average Bonchev–Trinajstić information content (AvgIpc) is 3.11. The summed E-state index contributed by atoms with van der Waals surface area (Å²) in [6.45, 7) is 0. The number of carbonyl (C=O) groups excluding carboxylic acids is 1. The molecule has 0 bridgehead atoms. The number of halogens is 6. The third kappa shape index (κ3) is 2.64. The maximum absolute atomic E-state index is 14.0. The van der Waals surface area contributed by atoms with Crippen molar-refractivity contribution in [3.8, 4) is 0 Å². The van der Waals surface area contributed by atoms with E-state index in [1.54, 1.807) is 0 Å². The van der Waals surface area contributed by atoms with Gasteiger partial charge in [-0.1, -0.05) is 18.2 Å². The van der Waals surface area contributed by atoms with Crippen molar-refractivity contribution in [2.45, 2.75) is 30.2 Å². The van der Waals surface area contributed by atoms with Crippen molar-refractivity contribution in [2.75, 3.05) is 0 Å². The lowest BCUT2D eigenvalue weighted by atomic mass is 9.94. The molecule has 0 radical (unpaired) electrons. The molecular formula is C16H10F6O4. The highest BCUT2D eigenvalue weighted by Gasteiger charge is 2.82. The zero-order valence-corrected chi connectivity index (χ0v) is 12.7. The third-order valence-corrected chi connectivity index (χ3v) is 3.75. The standard InChI is InChI=1S/C16H10F6O4/c17-14(18)11(10-7-4-8-24-10)25-13(15(19,20)16(14,21)22)26-12(23)9-5-2-1-3-6-9/h1-8,11,13H. The summed E-state index contributed by atoms with van der Waals surface area (Å²) in [5, 5.41) is 0. The quantitative estimate of drug-likeness (QED) is 0.584. The zero-order chi connectivity index (χ0) is 19.2. The number of esters is 1. The number of carbonyl (C=O) groups is 1. The van der Waals surface area contributed by atoms with Crippen LogP contribution >= 0.6 is 0 Å². The number of hydrogen-bond donors (Lipinski definition) is 0. The van der Waals surface area contributed by atoms with Gasteiger partial charge < -0.3 is 13.9 Å². The minimum absolute atomic E-state index is 0.248. The van der Waals surface area contributed by atoms with Crippen molar-refractivity contribution in [1.82, 2.24) is 0 Å². The Kier molecular flexibility index (Phi) is 4.26. The Labute approximate surface area is 142 Å². The molecule has 0 N–H and O–H groups in total. The molecule has 2 aromatic rings. The van der Waals surface area contributed by atoms with Gasteiger partial charge in [0.25, 0.3) is 6.29 Å². The van der Waals surface area contributed by atoms with Crippen LogP contribution in [-0.4, -0.2) is 30.0 Å². The van der Waals surface area contributed by atoms with Gasteiger partial charge in [-0.2, -0.15) is 26.3 Å². The van der Waals surface area contributed by atoms with Crippen molar-refractivity contribution >= 4 is 5.97 Å². The van der Waals surface area contributed by atoms with Crippen molar-refractivity contribution in [3.63, 3.8) is 0 Å². The first-order valence-electron chi connectivity index (χ1n) is 7.17. The summed E-state index contributed by atoms with van der Waals surface area (Å²) in [5.41, 5.74) is -0.248. The van der Waals surface area contributed by atoms with E-state index in [4.69, 9.17) is 0 Å². The molecule has 10 heteroatoms. The molecule has 1 aromatic heterocycles. The summed E-state index contributed by atoms with van der Waals surface area (Å²) in [6.07, 6.45) is -5.24. The molecule has 2 atom stereocenters. The van der Waals surface area contributed by atoms with Gasteiger partial charge in [-0.05, 0) is 24.3 Å².